The summed E-state index contributed by atoms with van der Waals surface area (Å²) in [5.41, 5.74) is 10.8. The van der Waals surface area contributed by atoms with Gasteiger partial charge >= 0.3 is 15.6 Å². The molecule has 3 aliphatic heterocycles. The molecule has 4 unspecified atom stereocenters. The van der Waals surface area contributed by atoms with Gasteiger partial charge in [-0.05, 0) is 0 Å². The van der Waals surface area contributed by atoms with Crippen LogP contribution in [0.3, 0.4) is 0 Å². The Bertz CT molecular complexity index is 1940. The number of hydrogen-bond donors (Lipinski definition) is 7. The maximum absolute atomic E-state index is 13.2. The van der Waals surface area contributed by atoms with Crippen molar-refractivity contribution >= 4 is 49.7 Å². The van der Waals surface area contributed by atoms with Gasteiger partial charge < -0.3 is 40.9 Å². The van der Waals surface area contributed by atoms with Crippen LogP contribution in [-0.4, -0.2) is 109 Å². The summed E-state index contributed by atoms with van der Waals surface area (Å²) < 4.78 is 61.0. The van der Waals surface area contributed by atoms with Gasteiger partial charge in [-0.25, -0.2) is 29.1 Å². The number of nitrogens with zero attached hydrogens (tertiary/aromatic N) is 7. The first-order valence-electron chi connectivity index (χ1n) is 13.0. The molecule has 0 spiro atoms. The number of hydrogen-bond acceptors (Lipinski definition) is 18. The minimum Gasteiger partial charge on any atom is -0.387 e. The number of aromatic nitrogens is 8. The predicted molar refractivity (Wildman–Crippen MR) is 143 cm³/mol. The number of nitrogens with one attached hydrogen (secondary N) is 1. The number of rotatable bonds is 2. The predicted octanol–water partition coefficient (Wildman–Crippen LogP) is -2.34. The molecule has 0 amide bonds. The fourth-order valence-electron chi connectivity index (χ4n) is 5.30. The van der Waals surface area contributed by atoms with Crippen LogP contribution in [0.25, 0.3) is 22.3 Å². The smallest absolute Gasteiger partial charge is 0.387 e. The lowest BCUT2D eigenvalue weighted by Crippen LogP contribution is -2.36. The number of fused-ring (bicyclic) bond motifs is 5. The third-order valence-corrected chi connectivity index (χ3v) is 9.29. The molecule has 3 fully saturated rings. The first-order valence-corrected chi connectivity index (χ1v) is 15.9. The van der Waals surface area contributed by atoms with E-state index in [0.717, 1.165) is 17.2 Å². The Balaban J connectivity index is 1.21. The van der Waals surface area contributed by atoms with Gasteiger partial charge in [0.25, 0.3) is 5.56 Å². The minimum absolute atomic E-state index is 0.0343. The van der Waals surface area contributed by atoms with Crippen LogP contribution < -0.4 is 17.0 Å². The van der Waals surface area contributed by atoms with Gasteiger partial charge in [0.15, 0.2) is 35.1 Å². The Morgan fingerprint density at radius 3 is 2.18 bits per heavy atom. The molecule has 0 aliphatic carbocycles. The zero-order chi connectivity index (χ0) is 31.8. The zero-order valence-electron chi connectivity index (χ0n) is 22.4. The molecule has 7 rings (SSSR count). The molecule has 7 heterocycles. The fourth-order valence-corrected chi connectivity index (χ4v) is 7.19. The summed E-state index contributed by atoms with van der Waals surface area (Å²) in [6, 6.07) is 0. The Morgan fingerprint density at radius 1 is 0.822 bits per heavy atom. The van der Waals surface area contributed by atoms with E-state index in [0.29, 0.717) is 0 Å². The molecular weight excluding hydrogens is 650 g/mol. The quantitative estimate of drug-likeness (QED) is 0.109. The zero-order valence-corrected chi connectivity index (χ0v) is 24.2. The summed E-state index contributed by atoms with van der Waals surface area (Å²) in [6.07, 6.45) is -9.21. The average Bonchev–Trinajstić information content (AvgIpc) is 3.72. The third-order valence-electron chi connectivity index (χ3n) is 7.32. The van der Waals surface area contributed by atoms with E-state index in [9.17, 15) is 33.9 Å². The fraction of sp³-hybridized carbons (Fsp3) is 0.500. The molecule has 10 atom stereocenters. The first kappa shape index (κ1) is 30.2. The number of nitrogens with two attached hydrogens (primary N) is 2. The van der Waals surface area contributed by atoms with E-state index < -0.39 is 83.5 Å². The topological polar surface area (TPSA) is 330 Å². The SMILES string of the molecule is Nc1nc2c(ncn2C2O[C@@H]3COP(=O)(O)O[C@@H]4[C@@H](COP(=O)(O)O[C@@H]2[C@@H]3O)OC(n2cnc3c(N)ncnc32)[C@@H]4O)c(=O)[nH]1. The number of phosphoric acid groups is 2. The molecule has 23 nitrogen and oxygen atoms in total. The van der Waals surface area contributed by atoms with Crippen LogP contribution in [0.5, 0.6) is 0 Å². The molecule has 9 N–H and O–H groups in total. The van der Waals surface area contributed by atoms with Crippen molar-refractivity contribution in [3.63, 3.8) is 0 Å². The Hall–Kier alpha value is -3.44. The van der Waals surface area contributed by atoms with Crippen molar-refractivity contribution < 1.29 is 56.7 Å². The van der Waals surface area contributed by atoms with Crippen molar-refractivity contribution in [2.45, 2.75) is 49.1 Å². The van der Waals surface area contributed by atoms with Crippen LogP contribution in [0.15, 0.2) is 23.8 Å². The largest absolute Gasteiger partial charge is 0.472 e. The molecule has 0 radical (unpaired) electrons. The summed E-state index contributed by atoms with van der Waals surface area (Å²) in [4.78, 5) is 55.8. The van der Waals surface area contributed by atoms with E-state index in [-0.39, 0.29) is 34.1 Å². The third kappa shape index (κ3) is 5.31. The number of nitrogen functional groups attached to an aromatic ring is 2. The van der Waals surface area contributed by atoms with Gasteiger partial charge in [-0.1, -0.05) is 0 Å². The lowest BCUT2D eigenvalue weighted by atomic mass is 10.1. The maximum atomic E-state index is 13.2. The summed E-state index contributed by atoms with van der Waals surface area (Å²) in [6.45, 7) is -1.65. The molecule has 0 saturated carbocycles. The van der Waals surface area contributed by atoms with E-state index in [1.807, 2.05) is 0 Å². The van der Waals surface area contributed by atoms with Crippen LogP contribution in [0, 0.1) is 0 Å². The minimum atomic E-state index is -5.11. The van der Waals surface area contributed by atoms with Gasteiger partial charge in [0.2, 0.25) is 5.95 Å². The maximum Gasteiger partial charge on any atom is 0.472 e. The van der Waals surface area contributed by atoms with E-state index in [1.165, 1.54) is 10.9 Å². The first-order chi connectivity index (χ1) is 21.3. The van der Waals surface area contributed by atoms with E-state index in [1.54, 1.807) is 0 Å². The molecule has 242 valence electrons. The van der Waals surface area contributed by atoms with Crippen molar-refractivity contribution in [2.24, 2.45) is 0 Å². The van der Waals surface area contributed by atoms with Crippen molar-refractivity contribution in [1.82, 2.24) is 39.0 Å². The molecule has 45 heavy (non-hydrogen) atoms. The molecule has 0 aromatic carbocycles. The summed E-state index contributed by atoms with van der Waals surface area (Å²) >= 11 is 0. The highest BCUT2D eigenvalue weighted by Gasteiger charge is 2.54. The normalized spacial score (nSPS) is 37.7. The van der Waals surface area contributed by atoms with Gasteiger partial charge in [0.05, 0.1) is 25.9 Å². The average molecular weight is 674 g/mol. The van der Waals surface area contributed by atoms with Crippen molar-refractivity contribution in [3.05, 3.63) is 29.3 Å². The standard InChI is InChI=1S/C20H24N10O13P2/c21-14-8-15(24-3-23-14)29(4-25-8)18-11(32)12-7(41-18)2-39-45(36,37)43-13-10(31)6(1-38-44(34,35)42-12)40-19(13)30-5-26-9-16(30)27-20(22)28-17(9)33/h3-7,10-13,18-19,31-32H,1-2H2,(H,34,35)(H,36,37)(H2,21,23,24)(H3,22,27,28,33)/t6-,7-,10-,11-,12-,13-,18?,19?/m1/s1. The van der Waals surface area contributed by atoms with Crippen molar-refractivity contribution in [1.29, 1.82) is 0 Å². The second-order valence-electron chi connectivity index (χ2n) is 10.1. The number of anilines is 2. The van der Waals surface area contributed by atoms with Crippen LogP contribution in [0.4, 0.5) is 11.8 Å². The van der Waals surface area contributed by atoms with Crippen molar-refractivity contribution in [3.8, 4) is 0 Å². The summed E-state index contributed by atoms with van der Waals surface area (Å²) in [7, 11) is -10.2. The number of phosphoric ester groups is 2. The molecule has 25 heteroatoms. The monoisotopic (exact) mass is 674 g/mol. The van der Waals surface area contributed by atoms with Gasteiger partial charge in [-0.3, -0.25) is 37.0 Å². The van der Waals surface area contributed by atoms with Gasteiger partial charge in [0.1, 0.15) is 48.5 Å². The number of H-pyrrole nitrogens is 1. The summed E-state index contributed by atoms with van der Waals surface area (Å²) in [5, 5.41) is 22.1. The van der Waals surface area contributed by atoms with Crippen LogP contribution in [-0.2, 0) is 36.7 Å². The molecule has 2 bridgehead atoms. The Morgan fingerprint density at radius 2 is 1.44 bits per heavy atom. The van der Waals surface area contributed by atoms with E-state index in [4.69, 9.17) is 39.0 Å². The Kier molecular flexibility index (Phi) is 7.27. The number of aliphatic hydroxyl groups excluding tert-OH is 2. The van der Waals surface area contributed by atoms with Crippen LogP contribution >= 0.6 is 15.6 Å². The lowest BCUT2D eigenvalue weighted by Gasteiger charge is -2.25. The van der Waals surface area contributed by atoms with Gasteiger partial charge in [-0.2, -0.15) is 4.98 Å². The second-order valence-corrected chi connectivity index (χ2v) is 13.0. The molecule has 3 saturated heterocycles. The number of ether oxygens (including phenoxy) is 2. The molecular formula is C20H24N10O13P2. The highest BCUT2D eigenvalue weighted by molar-refractivity contribution is 7.47. The Labute approximate surface area is 248 Å². The highest BCUT2D eigenvalue weighted by atomic mass is 31.2. The second kappa shape index (κ2) is 10.8. The van der Waals surface area contributed by atoms with Crippen LogP contribution in [0.1, 0.15) is 12.5 Å². The van der Waals surface area contributed by atoms with Gasteiger partial charge in [0, 0.05) is 0 Å². The number of aromatic amines is 1. The van der Waals surface area contributed by atoms with Crippen LogP contribution in [0.2, 0.25) is 0 Å². The number of imidazole rings is 2. The summed E-state index contributed by atoms with van der Waals surface area (Å²) in [5.74, 6) is -0.250. The molecule has 3 aliphatic rings. The van der Waals surface area contributed by atoms with E-state index in [2.05, 4.69) is 29.9 Å². The molecule has 4 aromatic heterocycles. The highest BCUT2D eigenvalue weighted by Crippen LogP contribution is 2.53. The molecule has 4 aromatic rings. The number of aliphatic hydroxyl groups is 2. The van der Waals surface area contributed by atoms with Crippen molar-refractivity contribution in [2.75, 3.05) is 24.7 Å². The lowest BCUT2D eigenvalue weighted by molar-refractivity contribution is -0.0672. The van der Waals surface area contributed by atoms with Gasteiger partial charge in [-0.15, -0.1) is 0 Å². The van der Waals surface area contributed by atoms with E-state index >= 15 is 0 Å².